The second kappa shape index (κ2) is 9.27. The van der Waals surface area contributed by atoms with Gasteiger partial charge in [0.15, 0.2) is 5.16 Å². The Morgan fingerprint density at radius 2 is 1.68 bits per heavy atom. The van der Waals surface area contributed by atoms with E-state index in [1.165, 1.54) is 11.8 Å². The third-order valence-corrected chi connectivity index (χ3v) is 6.11. The SMILES string of the molecule is COc1ccc(OCCSc2nc3ccccc3c(=O)n2-c2cccc(C)c2C)cc1. The molecular weight excluding hydrogens is 408 g/mol. The Morgan fingerprint density at radius 3 is 2.45 bits per heavy atom. The molecule has 1 aromatic heterocycles. The summed E-state index contributed by atoms with van der Waals surface area (Å²) in [6.45, 7) is 4.58. The topological polar surface area (TPSA) is 53.4 Å². The molecule has 5 nitrogen and oxygen atoms in total. The Kier molecular flexibility index (Phi) is 6.28. The van der Waals surface area contributed by atoms with E-state index in [-0.39, 0.29) is 5.56 Å². The van der Waals surface area contributed by atoms with Gasteiger partial charge in [0, 0.05) is 5.75 Å². The fraction of sp³-hybridized carbons (Fsp3) is 0.200. The van der Waals surface area contributed by atoms with Crippen molar-refractivity contribution in [3.05, 3.63) is 88.2 Å². The number of benzene rings is 3. The minimum Gasteiger partial charge on any atom is -0.497 e. The molecule has 0 aliphatic rings. The van der Waals surface area contributed by atoms with Crippen molar-refractivity contribution in [3.8, 4) is 17.2 Å². The number of aryl methyl sites for hydroxylation is 1. The van der Waals surface area contributed by atoms with E-state index in [1.807, 2.05) is 80.6 Å². The number of thioether (sulfide) groups is 1. The summed E-state index contributed by atoms with van der Waals surface area (Å²) in [5.41, 5.74) is 3.71. The molecule has 0 bridgehead atoms. The number of aromatic nitrogens is 2. The van der Waals surface area contributed by atoms with Crippen LogP contribution in [0.25, 0.3) is 16.6 Å². The number of hydrogen-bond donors (Lipinski definition) is 0. The van der Waals surface area contributed by atoms with Gasteiger partial charge in [-0.1, -0.05) is 36.0 Å². The molecule has 0 atom stereocenters. The van der Waals surface area contributed by atoms with Gasteiger partial charge in [-0.05, 0) is 67.4 Å². The standard InChI is InChI=1S/C25H24N2O3S/c1-17-7-6-10-23(18(17)2)27-24(28)21-8-4-5-9-22(21)26-25(27)31-16-15-30-20-13-11-19(29-3)12-14-20/h4-14H,15-16H2,1-3H3. The molecule has 3 aromatic carbocycles. The summed E-state index contributed by atoms with van der Waals surface area (Å²) in [7, 11) is 1.64. The molecule has 158 valence electrons. The second-order valence-corrected chi connectivity index (χ2v) is 8.21. The van der Waals surface area contributed by atoms with Gasteiger partial charge in [-0.25, -0.2) is 4.98 Å². The van der Waals surface area contributed by atoms with E-state index in [2.05, 4.69) is 0 Å². The van der Waals surface area contributed by atoms with Crippen LogP contribution in [0.2, 0.25) is 0 Å². The Morgan fingerprint density at radius 1 is 0.935 bits per heavy atom. The first-order valence-corrected chi connectivity index (χ1v) is 11.0. The fourth-order valence-corrected chi connectivity index (χ4v) is 4.19. The number of fused-ring (bicyclic) bond motifs is 1. The number of ether oxygens (including phenoxy) is 2. The molecule has 0 unspecified atom stereocenters. The Bertz CT molecular complexity index is 1270. The van der Waals surface area contributed by atoms with Gasteiger partial charge >= 0.3 is 0 Å². The van der Waals surface area contributed by atoms with E-state index in [9.17, 15) is 4.79 Å². The highest BCUT2D eigenvalue weighted by molar-refractivity contribution is 7.99. The quantitative estimate of drug-likeness (QED) is 0.229. The van der Waals surface area contributed by atoms with Crippen molar-refractivity contribution in [1.29, 1.82) is 0 Å². The lowest BCUT2D eigenvalue weighted by Crippen LogP contribution is -2.23. The molecular formula is C25H24N2O3S. The summed E-state index contributed by atoms with van der Waals surface area (Å²) < 4.78 is 12.7. The maximum absolute atomic E-state index is 13.4. The van der Waals surface area contributed by atoms with Gasteiger partial charge in [0.25, 0.3) is 5.56 Å². The van der Waals surface area contributed by atoms with Crippen molar-refractivity contribution in [2.45, 2.75) is 19.0 Å². The summed E-state index contributed by atoms with van der Waals surface area (Å²) in [5.74, 6) is 2.22. The van der Waals surface area contributed by atoms with Crippen molar-refractivity contribution in [2.24, 2.45) is 0 Å². The van der Waals surface area contributed by atoms with E-state index >= 15 is 0 Å². The van der Waals surface area contributed by atoms with Crippen molar-refractivity contribution >= 4 is 22.7 Å². The average Bonchev–Trinajstić information content (AvgIpc) is 2.80. The summed E-state index contributed by atoms with van der Waals surface area (Å²) in [4.78, 5) is 18.2. The summed E-state index contributed by atoms with van der Waals surface area (Å²) in [6, 6.07) is 21.0. The van der Waals surface area contributed by atoms with Crippen molar-refractivity contribution < 1.29 is 9.47 Å². The lowest BCUT2D eigenvalue weighted by atomic mass is 10.1. The van der Waals surface area contributed by atoms with Crippen molar-refractivity contribution in [2.75, 3.05) is 19.5 Å². The molecule has 4 rings (SSSR count). The minimum atomic E-state index is -0.0575. The molecule has 0 saturated carbocycles. The molecule has 0 N–H and O–H groups in total. The molecule has 0 saturated heterocycles. The van der Waals surface area contributed by atoms with Crippen LogP contribution < -0.4 is 15.0 Å². The zero-order valence-corrected chi connectivity index (χ0v) is 18.6. The van der Waals surface area contributed by atoms with Gasteiger partial charge in [-0.3, -0.25) is 9.36 Å². The smallest absolute Gasteiger partial charge is 0.266 e. The predicted molar refractivity (Wildman–Crippen MR) is 126 cm³/mol. The fourth-order valence-electron chi connectivity index (χ4n) is 3.36. The number of nitrogens with zero attached hydrogens (tertiary/aromatic N) is 2. The van der Waals surface area contributed by atoms with Crippen LogP contribution in [0.3, 0.4) is 0 Å². The molecule has 1 heterocycles. The highest BCUT2D eigenvalue weighted by Gasteiger charge is 2.15. The normalized spacial score (nSPS) is 10.9. The molecule has 0 aliphatic heterocycles. The molecule has 0 fully saturated rings. The van der Waals surface area contributed by atoms with E-state index < -0.39 is 0 Å². The molecule has 0 spiro atoms. The summed E-state index contributed by atoms with van der Waals surface area (Å²) in [6.07, 6.45) is 0. The van der Waals surface area contributed by atoms with Crippen LogP contribution >= 0.6 is 11.8 Å². The highest BCUT2D eigenvalue weighted by atomic mass is 32.2. The van der Waals surface area contributed by atoms with Gasteiger partial charge in [-0.2, -0.15) is 0 Å². The lowest BCUT2D eigenvalue weighted by Gasteiger charge is -2.16. The van der Waals surface area contributed by atoms with E-state index in [0.29, 0.717) is 28.4 Å². The minimum absolute atomic E-state index is 0.0575. The maximum atomic E-state index is 13.4. The third kappa shape index (κ3) is 4.44. The molecule has 0 amide bonds. The van der Waals surface area contributed by atoms with E-state index in [1.54, 1.807) is 11.7 Å². The highest BCUT2D eigenvalue weighted by Crippen LogP contribution is 2.25. The van der Waals surface area contributed by atoms with E-state index in [0.717, 1.165) is 28.3 Å². The average molecular weight is 433 g/mol. The van der Waals surface area contributed by atoms with Gasteiger partial charge in [0.05, 0.1) is 30.3 Å². The van der Waals surface area contributed by atoms with Crippen LogP contribution in [0, 0.1) is 13.8 Å². The number of methoxy groups -OCH3 is 1. The Labute approximate surface area is 185 Å². The Balaban J connectivity index is 1.63. The van der Waals surface area contributed by atoms with Crippen LogP contribution in [0.1, 0.15) is 11.1 Å². The van der Waals surface area contributed by atoms with Crippen molar-refractivity contribution in [3.63, 3.8) is 0 Å². The van der Waals surface area contributed by atoms with Crippen LogP contribution in [-0.2, 0) is 0 Å². The van der Waals surface area contributed by atoms with Gasteiger partial charge in [0.1, 0.15) is 11.5 Å². The zero-order valence-electron chi connectivity index (χ0n) is 17.8. The summed E-state index contributed by atoms with van der Waals surface area (Å²) in [5, 5.41) is 1.28. The predicted octanol–water partition coefficient (Wildman–Crippen LogP) is 5.18. The second-order valence-electron chi connectivity index (χ2n) is 7.14. The third-order valence-electron chi connectivity index (χ3n) is 5.20. The van der Waals surface area contributed by atoms with Gasteiger partial charge < -0.3 is 9.47 Å². The Hall–Kier alpha value is -3.25. The first-order chi connectivity index (χ1) is 15.1. The van der Waals surface area contributed by atoms with Crippen LogP contribution in [0.4, 0.5) is 0 Å². The maximum Gasteiger partial charge on any atom is 0.266 e. The first-order valence-electron chi connectivity index (χ1n) is 10.1. The van der Waals surface area contributed by atoms with Gasteiger partial charge in [-0.15, -0.1) is 0 Å². The van der Waals surface area contributed by atoms with Crippen LogP contribution in [0.5, 0.6) is 11.5 Å². The van der Waals surface area contributed by atoms with Crippen LogP contribution in [-0.4, -0.2) is 29.0 Å². The van der Waals surface area contributed by atoms with Gasteiger partial charge in [0.2, 0.25) is 0 Å². The van der Waals surface area contributed by atoms with E-state index in [4.69, 9.17) is 14.5 Å². The number of hydrogen-bond acceptors (Lipinski definition) is 5. The lowest BCUT2D eigenvalue weighted by molar-refractivity contribution is 0.342. The zero-order chi connectivity index (χ0) is 21.8. The van der Waals surface area contributed by atoms with Crippen molar-refractivity contribution in [1.82, 2.24) is 9.55 Å². The molecule has 31 heavy (non-hydrogen) atoms. The molecule has 0 radical (unpaired) electrons. The molecule has 6 heteroatoms. The first kappa shape index (κ1) is 21.0. The monoisotopic (exact) mass is 432 g/mol. The molecule has 0 aliphatic carbocycles. The number of rotatable bonds is 7. The largest absolute Gasteiger partial charge is 0.497 e. The number of para-hydroxylation sites is 1. The van der Waals surface area contributed by atoms with Crippen LogP contribution in [0.15, 0.2) is 76.7 Å². The summed E-state index contributed by atoms with van der Waals surface area (Å²) >= 11 is 1.51. The molecule has 4 aromatic rings.